The molecule has 0 bridgehead atoms. The second-order valence-electron chi connectivity index (χ2n) is 8.73. The minimum Gasteiger partial charge on any atom is -0.486 e. The fourth-order valence-electron chi connectivity index (χ4n) is 4.38. The Morgan fingerprint density at radius 1 is 1.11 bits per heavy atom. The summed E-state index contributed by atoms with van der Waals surface area (Å²) in [7, 11) is 0. The highest BCUT2D eigenvalue weighted by Gasteiger charge is 2.27. The predicted molar refractivity (Wildman–Crippen MR) is 142 cm³/mol. The first-order valence-corrected chi connectivity index (χ1v) is 14.1. The van der Waals surface area contributed by atoms with Gasteiger partial charge in [0.15, 0.2) is 11.0 Å². The quantitative estimate of drug-likeness (QED) is 0.280. The highest BCUT2D eigenvalue weighted by molar-refractivity contribution is 7.99. The average molecular weight is 529 g/mol. The lowest BCUT2D eigenvalue weighted by Crippen LogP contribution is -2.17. The number of fused-ring (bicyclic) bond motifs is 1. The predicted octanol–water partition coefficient (Wildman–Crippen LogP) is 5.34. The second kappa shape index (κ2) is 11.9. The number of amides is 1. The van der Waals surface area contributed by atoms with Crippen molar-refractivity contribution in [3.05, 3.63) is 51.2 Å². The fourth-order valence-corrected chi connectivity index (χ4v) is 6.50. The first-order valence-electron chi connectivity index (χ1n) is 12.3. The largest absolute Gasteiger partial charge is 0.486 e. The molecule has 1 N–H and O–H groups in total. The summed E-state index contributed by atoms with van der Waals surface area (Å²) in [5, 5.41) is 12.8. The third kappa shape index (κ3) is 6.10. The number of aryl methyl sites for hydroxylation is 3. The number of benzene rings is 1. The molecule has 2 aromatic heterocycles. The maximum Gasteiger partial charge on any atom is 0.341 e. The number of hydrogen-bond acceptors (Lipinski definition) is 8. The van der Waals surface area contributed by atoms with Crippen LogP contribution in [0.25, 0.3) is 0 Å². The minimum absolute atomic E-state index is 0.154. The van der Waals surface area contributed by atoms with Crippen LogP contribution >= 0.6 is 23.1 Å². The number of thioether (sulfide) groups is 1. The summed E-state index contributed by atoms with van der Waals surface area (Å²) in [6.45, 7) is 9.12. The van der Waals surface area contributed by atoms with Gasteiger partial charge in [-0.1, -0.05) is 17.8 Å². The topological polar surface area (TPSA) is 95.3 Å². The number of nitrogens with one attached hydrogen (secondary N) is 1. The van der Waals surface area contributed by atoms with Gasteiger partial charge in [0, 0.05) is 11.4 Å². The molecule has 0 atom stereocenters. The molecule has 0 fully saturated rings. The molecule has 3 aromatic rings. The van der Waals surface area contributed by atoms with Crippen LogP contribution in [-0.2, 0) is 35.5 Å². The summed E-state index contributed by atoms with van der Waals surface area (Å²) >= 11 is 2.81. The van der Waals surface area contributed by atoms with Crippen molar-refractivity contribution < 1.29 is 19.1 Å². The lowest BCUT2D eigenvalue weighted by Gasteiger charge is -2.12. The summed E-state index contributed by atoms with van der Waals surface area (Å²) in [6, 6.07) is 6.08. The van der Waals surface area contributed by atoms with Gasteiger partial charge in [-0.25, -0.2) is 4.79 Å². The van der Waals surface area contributed by atoms with Crippen LogP contribution in [0.2, 0.25) is 0 Å². The van der Waals surface area contributed by atoms with E-state index in [0.717, 1.165) is 48.1 Å². The van der Waals surface area contributed by atoms with Crippen molar-refractivity contribution >= 4 is 40.0 Å². The Morgan fingerprint density at radius 2 is 1.86 bits per heavy atom. The number of anilines is 1. The van der Waals surface area contributed by atoms with Gasteiger partial charge >= 0.3 is 5.97 Å². The zero-order valence-electron chi connectivity index (χ0n) is 21.2. The smallest absolute Gasteiger partial charge is 0.341 e. The van der Waals surface area contributed by atoms with Gasteiger partial charge in [-0.15, -0.1) is 21.5 Å². The van der Waals surface area contributed by atoms with Crippen LogP contribution < -0.4 is 10.1 Å². The third-order valence-corrected chi connectivity index (χ3v) is 8.08. The van der Waals surface area contributed by atoms with Crippen molar-refractivity contribution in [2.24, 2.45) is 0 Å². The third-order valence-electron chi connectivity index (χ3n) is 5.91. The molecule has 1 aliphatic carbocycles. The monoisotopic (exact) mass is 528 g/mol. The minimum atomic E-state index is -0.362. The zero-order chi connectivity index (χ0) is 25.7. The number of thiophene rings is 1. The second-order valence-corrected chi connectivity index (χ2v) is 10.8. The van der Waals surface area contributed by atoms with E-state index in [1.54, 1.807) is 6.92 Å². The Hall–Kier alpha value is -2.85. The van der Waals surface area contributed by atoms with E-state index in [2.05, 4.69) is 21.6 Å². The molecule has 1 aromatic carbocycles. The van der Waals surface area contributed by atoms with Crippen LogP contribution in [0.1, 0.15) is 64.4 Å². The maximum atomic E-state index is 12.9. The maximum absolute atomic E-state index is 12.9. The molecule has 2 heterocycles. The molecule has 0 spiro atoms. The van der Waals surface area contributed by atoms with E-state index in [1.807, 2.05) is 37.5 Å². The van der Waals surface area contributed by atoms with Crippen molar-refractivity contribution in [1.29, 1.82) is 0 Å². The molecule has 36 heavy (non-hydrogen) atoms. The number of rotatable bonds is 10. The van der Waals surface area contributed by atoms with E-state index in [4.69, 9.17) is 9.47 Å². The molecular weight excluding hydrogens is 496 g/mol. The van der Waals surface area contributed by atoms with Gasteiger partial charge in [0.05, 0.1) is 17.9 Å². The van der Waals surface area contributed by atoms with Crippen molar-refractivity contribution in [2.45, 2.75) is 71.7 Å². The summed E-state index contributed by atoms with van der Waals surface area (Å²) in [5.41, 5.74) is 3.84. The van der Waals surface area contributed by atoms with Gasteiger partial charge in [-0.2, -0.15) is 0 Å². The van der Waals surface area contributed by atoms with Gasteiger partial charge in [0.2, 0.25) is 5.91 Å². The number of aromatic nitrogens is 3. The van der Waals surface area contributed by atoms with Gasteiger partial charge in [0.25, 0.3) is 0 Å². The summed E-state index contributed by atoms with van der Waals surface area (Å²) in [6.07, 6.45) is 3.92. The molecule has 4 rings (SSSR count). The Labute approximate surface area is 219 Å². The normalized spacial score (nSPS) is 12.8. The molecule has 0 unspecified atom stereocenters. The Balaban J connectivity index is 1.40. The number of carbonyl (C=O) groups is 2. The molecule has 0 aliphatic heterocycles. The molecule has 10 heteroatoms. The van der Waals surface area contributed by atoms with Crippen LogP contribution in [0.4, 0.5) is 5.00 Å². The van der Waals surface area contributed by atoms with Gasteiger partial charge in [0.1, 0.15) is 17.4 Å². The van der Waals surface area contributed by atoms with Gasteiger partial charge < -0.3 is 19.4 Å². The lowest BCUT2D eigenvalue weighted by molar-refractivity contribution is -0.113. The molecule has 192 valence electrons. The molecule has 0 saturated carbocycles. The van der Waals surface area contributed by atoms with Crippen molar-refractivity contribution in [1.82, 2.24) is 14.8 Å². The number of carbonyl (C=O) groups excluding carboxylic acids is 2. The number of ether oxygens (including phenoxy) is 2. The standard InChI is InChI=1S/C26H32N4O4S2/c1-5-30-21(14-34-18-12-16(3)11-17(4)13-18)28-29-26(30)35-15-22(31)27-24-23(25(32)33-6-2)19-9-7-8-10-20(19)36-24/h11-13H,5-10,14-15H2,1-4H3,(H,27,31). The Kier molecular flexibility index (Phi) is 8.68. The molecule has 0 radical (unpaired) electrons. The molecular formula is C26H32N4O4S2. The van der Waals surface area contributed by atoms with E-state index in [9.17, 15) is 9.59 Å². The average Bonchev–Trinajstić information content (AvgIpc) is 3.41. The van der Waals surface area contributed by atoms with E-state index >= 15 is 0 Å². The number of hydrogen-bond donors (Lipinski definition) is 1. The van der Waals surface area contributed by atoms with Crippen molar-refractivity contribution in [3.63, 3.8) is 0 Å². The summed E-state index contributed by atoms with van der Waals surface area (Å²) in [4.78, 5) is 26.7. The summed E-state index contributed by atoms with van der Waals surface area (Å²) in [5.74, 6) is 1.10. The molecule has 0 saturated heterocycles. The van der Waals surface area contributed by atoms with E-state index in [0.29, 0.717) is 41.3 Å². The first-order chi connectivity index (χ1) is 17.4. The van der Waals surface area contributed by atoms with Crippen LogP contribution in [0, 0.1) is 13.8 Å². The fraction of sp³-hybridized carbons (Fsp3) is 0.462. The number of nitrogens with zero attached hydrogens (tertiary/aromatic N) is 3. The van der Waals surface area contributed by atoms with E-state index in [1.165, 1.54) is 28.0 Å². The van der Waals surface area contributed by atoms with Gasteiger partial charge in [-0.3, -0.25) is 4.79 Å². The number of esters is 1. The molecule has 8 nitrogen and oxygen atoms in total. The van der Waals surface area contributed by atoms with E-state index < -0.39 is 0 Å². The highest BCUT2D eigenvalue weighted by atomic mass is 32.2. The van der Waals surface area contributed by atoms with Crippen molar-refractivity contribution in [3.8, 4) is 5.75 Å². The lowest BCUT2D eigenvalue weighted by atomic mass is 9.95. The highest BCUT2D eigenvalue weighted by Crippen LogP contribution is 2.38. The Bertz CT molecular complexity index is 1230. The van der Waals surface area contributed by atoms with Gasteiger partial charge in [-0.05, 0) is 82.2 Å². The van der Waals surface area contributed by atoms with Crippen LogP contribution in [0.15, 0.2) is 23.4 Å². The summed E-state index contributed by atoms with van der Waals surface area (Å²) < 4.78 is 13.2. The molecule has 1 amide bonds. The molecule has 1 aliphatic rings. The Morgan fingerprint density at radius 3 is 2.58 bits per heavy atom. The zero-order valence-corrected chi connectivity index (χ0v) is 22.8. The van der Waals surface area contributed by atoms with Crippen molar-refractivity contribution in [2.75, 3.05) is 17.7 Å². The van der Waals surface area contributed by atoms with Crippen LogP contribution in [-0.4, -0.2) is 39.0 Å². The van der Waals surface area contributed by atoms with Crippen LogP contribution in [0.3, 0.4) is 0 Å². The van der Waals surface area contributed by atoms with Crippen LogP contribution in [0.5, 0.6) is 5.75 Å². The first kappa shape index (κ1) is 26.2. The SMILES string of the molecule is CCOC(=O)c1c(NC(=O)CSc2nnc(COc3cc(C)cc(C)c3)n2CC)sc2c1CCCC2. The van der Waals surface area contributed by atoms with E-state index in [-0.39, 0.29) is 17.6 Å².